The molecule has 0 aromatic heterocycles. The van der Waals surface area contributed by atoms with E-state index in [4.69, 9.17) is 14.2 Å². The fourth-order valence-electron chi connectivity index (χ4n) is 2.82. The first-order valence-corrected chi connectivity index (χ1v) is 8.37. The van der Waals surface area contributed by atoms with Crippen LogP contribution in [-0.2, 0) is 16.0 Å². The zero-order valence-electron chi connectivity index (χ0n) is 15.0. The lowest BCUT2D eigenvalue weighted by atomic mass is 9.99. The second-order valence-electron chi connectivity index (χ2n) is 5.99. The Labute approximate surface area is 156 Å². The molecule has 7 heteroatoms. The Balaban J connectivity index is 1.65. The van der Waals surface area contributed by atoms with Crippen molar-refractivity contribution in [3.05, 3.63) is 53.1 Å². The van der Waals surface area contributed by atoms with Crippen molar-refractivity contribution in [3.63, 3.8) is 0 Å². The van der Waals surface area contributed by atoms with Gasteiger partial charge in [0.25, 0.3) is 0 Å². The fourth-order valence-corrected chi connectivity index (χ4v) is 2.82. The summed E-state index contributed by atoms with van der Waals surface area (Å²) in [5, 5.41) is 2.76. The summed E-state index contributed by atoms with van der Waals surface area (Å²) >= 11 is 0. The van der Waals surface area contributed by atoms with Gasteiger partial charge in [0.05, 0.1) is 19.8 Å². The van der Waals surface area contributed by atoms with Gasteiger partial charge >= 0.3 is 5.97 Å². The number of anilines is 1. The van der Waals surface area contributed by atoms with Gasteiger partial charge in [-0.25, -0.2) is 4.79 Å². The average Bonchev–Trinajstić information content (AvgIpc) is 2.70. The molecule has 1 aliphatic heterocycles. The van der Waals surface area contributed by atoms with E-state index in [2.05, 4.69) is 5.32 Å². The minimum absolute atomic E-state index is 0.0366. The van der Waals surface area contributed by atoms with Gasteiger partial charge in [-0.3, -0.25) is 9.59 Å². The molecule has 27 heavy (non-hydrogen) atoms. The number of ketones is 1. The fraction of sp³-hybridized carbons (Fsp3) is 0.250. The standard InChI is InChI=1S/C20H19NO6/c1-25-17-7-4-14(10-18(17)26-2)20(24)27-11-16(22)13-3-6-15-12(9-13)5-8-19(23)21-15/h3-4,6-7,9-10H,5,8,11H2,1-2H3,(H,21,23). The van der Waals surface area contributed by atoms with E-state index in [9.17, 15) is 14.4 Å². The number of amides is 1. The van der Waals surface area contributed by atoms with Crippen LogP contribution >= 0.6 is 0 Å². The zero-order chi connectivity index (χ0) is 19.4. The molecule has 0 fully saturated rings. The minimum atomic E-state index is -0.630. The number of carbonyl (C=O) groups is 3. The number of rotatable bonds is 6. The van der Waals surface area contributed by atoms with Crippen LogP contribution in [0.4, 0.5) is 5.69 Å². The van der Waals surface area contributed by atoms with Crippen molar-refractivity contribution in [1.29, 1.82) is 0 Å². The van der Waals surface area contributed by atoms with Crippen LogP contribution in [0.2, 0.25) is 0 Å². The molecule has 0 bridgehead atoms. The maximum atomic E-state index is 12.3. The summed E-state index contributed by atoms with van der Waals surface area (Å²) in [6.45, 7) is -0.377. The summed E-state index contributed by atoms with van der Waals surface area (Å²) in [7, 11) is 2.97. The second-order valence-corrected chi connectivity index (χ2v) is 5.99. The highest BCUT2D eigenvalue weighted by Crippen LogP contribution is 2.28. The Hall–Kier alpha value is -3.35. The van der Waals surface area contributed by atoms with Crippen LogP contribution in [0.3, 0.4) is 0 Å². The smallest absolute Gasteiger partial charge is 0.338 e. The number of ether oxygens (including phenoxy) is 3. The van der Waals surface area contributed by atoms with Crippen molar-refractivity contribution in [2.45, 2.75) is 12.8 Å². The topological polar surface area (TPSA) is 90.9 Å². The number of aryl methyl sites for hydroxylation is 1. The van der Waals surface area contributed by atoms with Gasteiger partial charge in [0.1, 0.15) is 0 Å². The van der Waals surface area contributed by atoms with Crippen molar-refractivity contribution < 1.29 is 28.6 Å². The molecule has 1 heterocycles. The van der Waals surface area contributed by atoms with E-state index in [0.717, 1.165) is 5.56 Å². The van der Waals surface area contributed by atoms with Gasteiger partial charge in [0, 0.05) is 17.7 Å². The maximum Gasteiger partial charge on any atom is 0.338 e. The van der Waals surface area contributed by atoms with Gasteiger partial charge in [-0.15, -0.1) is 0 Å². The lowest BCUT2D eigenvalue weighted by molar-refractivity contribution is -0.116. The molecule has 7 nitrogen and oxygen atoms in total. The largest absolute Gasteiger partial charge is 0.493 e. The molecule has 0 aliphatic carbocycles. The highest BCUT2D eigenvalue weighted by Gasteiger charge is 2.18. The van der Waals surface area contributed by atoms with Crippen LogP contribution in [0.1, 0.15) is 32.7 Å². The number of hydrogen-bond acceptors (Lipinski definition) is 6. The van der Waals surface area contributed by atoms with Gasteiger partial charge < -0.3 is 19.5 Å². The molecular formula is C20H19NO6. The van der Waals surface area contributed by atoms with E-state index in [0.29, 0.717) is 35.6 Å². The molecule has 0 unspecified atom stereocenters. The number of esters is 1. The molecule has 2 aromatic carbocycles. The lowest BCUT2D eigenvalue weighted by Crippen LogP contribution is -2.20. The summed E-state index contributed by atoms with van der Waals surface area (Å²) in [5.41, 5.74) is 2.30. The predicted octanol–water partition coefficient (Wildman–Crippen LogP) is 2.63. The summed E-state index contributed by atoms with van der Waals surface area (Å²) in [6.07, 6.45) is 0.965. The van der Waals surface area contributed by atoms with Gasteiger partial charge in [-0.2, -0.15) is 0 Å². The van der Waals surface area contributed by atoms with Crippen LogP contribution in [0, 0.1) is 0 Å². The number of methoxy groups -OCH3 is 2. The van der Waals surface area contributed by atoms with E-state index in [-0.39, 0.29) is 23.9 Å². The summed E-state index contributed by atoms with van der Waals surface area (Å²) in [6, 6.07) is 9.64. The molecule has 0 spiro atoms. The van der Waals surface area contributed by atoms with Crippen molar-refractivity contribution in [2.75, 3.05) is 26.1 Å². The van der Waals surface area contributed by atoms with Gasteiger partial charge in [0.2, 0.25) is 5.91 Å². The summed E-state index contributed by atoms with van der Waals surface area (Å²) < 4.78 is 15.4. The first kappa shape index (κ1) is 18.4. The Bertz CT molecular complexity index is 905. The second kappa shape index (κ2) is 7.90. The number of fused-ring (bicyclic) bond motifs is 1. The summed E-state index contributed by atoms with van der Waals surface area (Å²) in [5.74, 6) is -0.0928. The molecule has 1 N–H and O–H groups in total. The Morgan fingerprint density at radius 3 is 2.44 bits per heavy atom. The first-order chi connectivity index (χ1) is 13.0. The van der Waals surface area contributed by atoms with Crippen LogP contribution in [0.25, 0.3) is 0 Å². The number of benzene rings is 2. The van der Waals surface area contributed by atoms with Gasteiger partial charge in [0.15, 0.2) is 23.9 Å². The third kappa shape index (κ3) is 4.08. The van der Waals surface area contributed by atoms with Crippen LogP contribution in [0.5, 0.6) is 11.5 Å². The summed E-state index contributed by atoms with van der Waals surface area (Å²) in [4.78, 5) is 35.9. The maximum absolute atomic E-state index is 12.3. The predicted molar refractivity (Wildman–Crippen MR) is 97.6 cm³/mol. The molecule has 1 aliphatic rings. The van der Waals surface area contributed by atoms with E-state index >= 15 is 0 Å². The van der Waals surface area contributed by atoms with E-state index in [1.165, 1.54) is 26.4 Å². The van der Waals surface area contributed by atoms with Crippen LogP contribution in [0.15, 0.2) is 36.4 Å². The molecule has 0 radical (unpaired) electrons. The van der Waals surface area contributed by atoms with Gasteiger partial charge in [-0.05, 0) is 48.4 Å². The lowest BCUT2D eigenvalue weighted by Gasteiger charge is -2.17. The molecule has 0 saturated heterocycles. The molecule has 0 atom stereocenters. The molecule has 2 aromatic rings. The highest BCUT2D eigenvalue weighted by atomic mass is 16.5. The van der Waals surface area contributed by atoms with Crippen molar-refractivity contribution in [3.8, 4) is 11.5 Å². The number of hydrogen-bond donors (Lipinski definition) is 1. The number of nitrogens with one attached hydrogen (secondary N) is 1. The molecule has 140 valence electrons. The van der Waals surface area contributed by atoms with Crippen LogP contribution in [-0.4, -0.2) is 38.5 Å². The van der Waals surface area contributed by atoms with Crippen molar-refractivity contribution >= 4 is 23.3 Å². The molecular weight excluding hydrogens is 350 g/mol. The van der Waals surface area contributed by atoms with Crippen molar-refractivity contribution in [2.24, 2.45) is 0 Å². The monoisotopic (exact) mass is 369 g/mol. The van der Waals surface area contributed by atoms with Crippen molar-refractivity contribution in [1.82, 2.24) is 0 Å². The molecule has 3 rings (SSSR count). The van der Waals surface area contributed by atoms with E-state index < -0.39 is 5.97 Å². The van der Waals surface area contributed by atoms with Crippen LogP contribution < -0.4 is 14.8 Å². The third-order valence-corrected chi connectivity index (χ3v) is 4.28. The Morgan fingerprint density at radius 1 is 0.963 bits per heavy atom. The minimum Gasteiger partial charge on any atom is -0.493 e. The number of carbonyl (C=O) groups excluding carboxylic acids is 3. The Morgan fingerprint density at radius 2 is 1.70 bits per heavy atom. The third-order valence-electron chi connectivity index (χ3n) is 4.28. The Kier molecular flexibility index (Phi) is 5.40. The van der Waals surface area contributed by atoms with E-state index in [1.807, 2.05) is 0 Å². The van der Waals surface area contributed by atoms with E-state index in [1.54, 1.807) is 24.3 Å². The number of Topliss-reactive ketones (excluding diaryl/α,β-unsaturated/α-hetero) is 1. The SMILES string of the molecule is COc1ccc(C(=O)OCC(=O)c2ccc3c(c2)CCC(=O)N3)cc1OC. The van der Waals surface area contributed by atoms with Gasteiger partial charge in [-0.1, -0.05) is 0 Å². The first-order valence-electron chi connectivity index (χ1n) is 8.37. The quantitative estimate of drug-likeness (QED) is 0.622. The molecule has 0 saturated carbocycles. The zero-order valence-corrected chi connectivity index (χ0v) is 15.0. The highest BCUT2D eigenvalue weighted by molar-refractivity contribution is 6.01. The normalized spacial score (nSPS) is 12.6. The molecule has 1 amide bonds. The average molecular weight is 369 g/mol.